The van der Waals surface area contributed by atoms with E-state index in [0.29, 0.717) is 0 Å². The molecule has 5 heteroatoms. The Balaban J connectivity index is 2.07. The fourth-order valence-electron chi connectivity index (χ4n) is 2.63. The highest BCUT2D eigenvalue weighted by Crippen LogP contribution is 2.29. The maximum absolute atomic E-state index is 5.80. The minimum absolute atomic E-state index is 0.286. The zero-order valence-electron chi connectivity index (χ0n) is 13.1. The van der Waals surface area contributed by atoms with Gasteiger partial charge in [0, 0.05) is 24.5 Å². The van der Waals surface area contributed by atoms with E-state index in [0.717, 1.165) is 37.7 Å². The molecule has 0 unspecified atom stereocenters. The van der Waals surface area contributed by atoms with E-state index in [1.54, 1.807) is 0 Å². The largest absolute Gasteiger partial charge is 0.372 e. The molecule has 1 aromatic rings. The summed E-state index contributed by atoms with van der Waals surface area (Å²) in [6.45, 7) is 12.6. The van der Waals surface area contributed by atoms with Crippen LogP contribution in [0.3, 0.4) is 0 Å². The first-order chi connectivity index (χ1) is 9.63. The standard InChI is InChI=1S/C15H27N3OS/c1-5-7-16-8-14-13(6-2)17-15(20-14)18-9-11(3)19-12(4)10-18/h11-12,16H,5-10H2,1-4H3/t11-,12+. The van der Waals surface area contributed by atoms with Crippen molar-refractivity contribution in [1.29, 1.82) is 0 Å². The number of thiazole rings is 1. The average Bonchev–Trinajstić information content (AvgIpc) is 2.81. The summed E-state index contributed by atoms with van der Waals surface area (Å²) < 4.78 is 5.80. The summed E-state index contributed by atoms with van der Waals surface area (Å²) in [5, 5.41) is 4.65. The van der Waals surface area contributed by atoms with E-state index in [2.05, 4.69) is 37.9 Å². The highest BCUT2D eigenvalue weighted by atomic mass is 32.1. The van der Waals surface area contributed by atoms with Crippen LogP contribution in [0.1, 0.15) is 44.7 Å². The number of morpholine rings is 1. The van der Waals surface area contributed by atoms with Crippen molar-refractivity contribution in [2.24, 2.45) is 0 Å². The molecule has 0 radical (unpaired) electrons. The van der Waals surface area contributed by atoms with E-state index in [1.807, 2.05) is 11.3 Å². The second-order valence-electron chi connectivity index (χ2n) is 5.56. The minimum Gasteiger partial charge on any atom is -0.372 e. The number of hydrogen-bond acceptors (Lipinski definition) is 5. The molecule has 2 heterocycles. The summed E-state index contributed by atoms with van der Waals surface area (Å²) >= 11 is 1.84. The number of rotatable bonds is 6. The molecule has 1 aliphatic heterocycles. The second-order valence-corrected chi connectivity index (χ2v) is 6.62. The van der Waals surface area contributed by atoms with E-state index < -0.39 is 0 Å². The molecule has 0 spiro atoms. The molecule has 0 saturated carbocycles. The van der Waals surface area contributed by atoms with Gasteiger partial charge in [0.25, 0.3) is 0 Å². The molecule has 1 aliphatic rings. The lowest BCUT2D eigenvalue weighted by Crippen LogP contribution is -2.45. The van der Waals surface area contributed by atoms with Crippen LogP contribution in [0, 0.1) is 0 Å². The summed E-state index contributed by atoms with van der Waals surface area (Å²) in [6, 6.07) is 0. The van der Waals surface area contributed by atoms with Crippen molar-refractivity contribution < 1.29 is 4.74 Å². The van der Waals surface area contributed by atoms with Gasteiger partial charge >= 0.3 is 0 Å². The summed E-state index contributed by atoms with van der Waals surface area (Å²) in [6.07, 6.45) is 2.75. The molecule has 1 N–H and O–H groups in total. The molecule has 4 nitrogen and oxygen atoms in total. The van der Waals surface area contributed by atoms with Crippen molar-refractivity contribution in [3.63, 3.8) is 0 Å². The number of nitrogens with one attached hydrogen (secondary N) is 1. The molecule has 0 aromatic carbocycles. The number of anilines is 1. The first-order valence-electron chi connectivity index (χ1n) is 7.73. The zero-order valence-corrected chi connectivity index (χ0v) is 13.9. The van der Waals surface area contributed by atoms with Crippen LogP contribution in [0.15, 0.2) is 0 Å². The molecule has 114 valence electrons. The molecular weight excluding hydrogens is 270 g/mol. The number of aromatic nitrogens is 1. The Morgan fingerprint density at radius 2 is 2.00 bits per heavy atom. The van der Waals surface area contributed by atoms with E-state index in [4.69, 9.17) is 9.72 Å². The van der Waals surface area contributed by atoms with Crippen LogP contribution < -0.4 is 10.2 Å². The van der Waals surface area contributed by atoms with Gasteiger partial charge in [-0.2, -0.15) is 0 Å². The Hall–Kier alpha value is -0.650. The van der Waals surface area contributed by atoms with Gasteiger partial charge in [0.1, 0.15) is 0 Å². The topological polar surface area (TPSA) is 37.4 Å². The van der Waals surface area contributed by atoms with Gasteiger partial charge in [-0.25, -0.2) is 4.98 Å². The van der Waals surface area contributed by atoms with Crippen LogP contribution in [-0.2, 0) is 17.7 Å². The van der Waals surface area contributed by atoms with E-state index in [1.165, 1.54) is 17.0 Å². The number of nitrogens with zero attached hydrogens (tertiary/aromatic N) is 2. The third-order valence-corrected chi connectivity index (χ3v) is 4.66. The van der Waals surface area contributed by atoms with E-state index in [9.17, 15) is 0 Å². The van der Waals surface area contributed by atoms with Crippen LogP contribution in [0.4, 0.5) is 5.13 Å². The van der Waals surface area contributed by atoms with Crippen LogP contribution in [0.5, 0.6) is 0 Å². The van der Waals surface area contributed by atoms with Gasteiger partial charge in [-0.05, 0) is 33.2 Å². The second kappa shape index (κ2) is 7.38. The normalized spacial score (nSPS) is 23.3. The fraction of sp³-hybridized carbons (Fsp3) is 0.800. The lowest BCUT2D eigenvalue weighted by atomic mass is 10.2. The Kier molecular flexibility index (Phi) is 5.81. The number of ether oxygens (including phenoxy) is 1. The maximum atomic E-state index is 5.80. The lowest BCUT2D eigenvalue weighted by Gasteiger charge is -2.35. The van der Waals surface area contributed by atoms with Gasteiger partial charge in [0.2, 0.25) is 0 Å². The van der Waals surface area contributed by atoms with Gasteiger partial charge < -0.3 is 15.0 Å². The van der Waals surface area contributed by atoms with Gasteiger partial charge in [0.05, 0.1) is 17.9 Å². The first-order valence-corrected chi connectivity index (χ1v) is 8.55. The Bertz CT molecular complexity index is 411. The lowest BCUT2D eigenvalue weighted by molar-refractivity contribution is -0.00523. The third kappa shape index (κ3) is 3.93. The monoisotopic (exact) mass is 297 g/mol. The Labute approximate surface area is 126 Å². The Morgan fingerprint density at radius 1 is 1.30 bits per heavy atom. The molecular formula is C15H27N3OS. The summed E-state index contributed by atoms with van der Waals surface area (Å²) in [4.78, 5) is 8.62. The first kappa shape index (κ1) is 15.7. The highest BCUT2D eigenvalue weighted by Gasteiger charge is 2.25. The fourth-order valence-corrected chi connectivity index (χ4v) is 3.77. The van der Waals surface area contributed by atoms with Gasteiger partial charge in [0.15, 0.2) is 5.13 Å². The van der Waals surface area contributed by atoms with E-state index >= 15 is 0 Å². The minimum atomic E-state index is 0.286. The maximum Gasteiger partial charge on any atom is 0.186 e. The van der Waals surface area contributed by atoms with Crippen molar-refractivity contribution in [3.05, 3.63) is 10.6 Å². The molecule has 1 saturated heterocycles. The SMILES string of the molecule is CCCNCc1sc(N2C[C@@H](C)O[C@@H](C)C2)nc1CC. The molecule has 1 fully saturated rings. The summed E-state index contributed by atoms with van der Waals surface area (Å²) in [7, 11) is 0. The van der Waals surface area contributed by atoms with Gasteiger partial charge in [-0.1, -0.05) is 13.8 Å². The number of aryl methyl sites for hydroxylation is 1. The van der Waals surface area contributed by atoms with Crippen LogP contribution >= 0.6 is 11.3 Å². The molecule has 2 rings (SSSR count). The third-order valence-electron chi connectivity index (χ3n) is 3.50. The van der Waals surface area contributed by atoms with Crippen LogP contribution in [0.2, 0.25) is 0 Å². The molecule has 0 aliphatic carbocycles. The smallest absolute Gasteiger partial charge is 0.186 e. The highest BCUT2D eigenvalue weighted by molar-refractivity contribution is 7.15. The van der Waals surface area contributed by atoms with Crippen molar-refractivity contribution in [2.75, 3.05) is 24.5 Å². The van der Waals surface area contributed by atoms with Crippen LogP contribution in [0.25, 0.3) is 0 Å². The average molecular weight is 297 g/mol. The molecule has 1 aromatic heterocycles. The summed E-state index contributed by atoms with van der Waals surface area (Å²) in [5.41, 5.74) is 1.25. The van der Waals surface area contributed by atoms with E-state index in [-0.39, 0.29) is 12.2 Å². The van der Waals surface area contributed by atoms with Crippen molar-refractivity contribution in [1.82, 2.24) is 10.3 Å². The predicted molar refractivity (Wildman–Crippen MR) is 85.7 cm³/mol. The molecule has 2 atom stereocenters. The van der Waals surface area contributed by atoms with Crippen molar-refractivity contribution in [2.45, 2.75) is 59.3 Å². The summed E-state index contributed by atoms with van der Waals surface area (Å²) in [5.74, 6) is 0. The predicted octanol–water partition coefficient (Wildman–Crippen LogP) is 2.82. The quantitative estimate of drug-likeness (QED) is 0.819. The van der Waals surface area contributed by atoms with Crippen molar-refractivity contribution in [3.8, 4) is 0 Å². The van der Waals surface area contributed by atoms with Crippen molar-refractivity contribution >= 4 is 16.5 Å². The zero-order chi connectivity index (χ0) is 14.5. The number of hydrogen-bond donors (Lipinski definition) is 1. The Morgan fingerprint density at radius 3 is 2.60 bits per heavy atom. The van der Waals surface area contributed by atoms with Gasteiger partial charge in [-0.15, -0.1) is 11.3 Å². The van der Waals surface area contributed by atoms with Crippen LogP contribution in [-0.4, -0.2) is 36.8 Å². The molecule has 20 heavy (non-hydrogen) atoms. The van der Waals surface area contributed by atoms with Gasteiger partial charge in [-0.3, -0.25) is 0 Å². The molecule has 0 amide bonds. The molecule has 0 bridgehead atoms.